The quantitative estimate of drug-likeness (QED) is 0.286. The van der Waals surface area contributed by atoms with E-state index in [-0.39, 0.29) is 23.3 Å². The summed E-state index contributed by atoms with van der Waals surface area (Å²) in [7, 11) is 1.60. The molecule has 2 heterocycles. The van der Waals surface area contributed by atoms with Gasteiger partial charge < -0.3 is 21.5 Å². The van der Waals surface area contributed by atoms with Crippen LogP contribution in [0.3, 0.4) is 0 Å². The molecule has 5 N–H and O–H groups in total. The SMILES string of the molecule is CN/C=C\C(N)c1cc(C(=O)Nc2c(-c3ccccc3)nc3cc(CO)ccn23)c(C)cc1C(F)(F)F. The van der Waals surface area contributed by atoms with Crippen LogP contribution in [0.2, 0.25) is 0 Å². The molecular formula is C27H26F3N5O2. The van der Waals surface area contributed by atoms with Gasteiger partial charge in [0.2, 0.25) is 0 Å². The van der Waals surface area contributed by atoms with E-state index in [9.17, 15) is 23.1 Å². The van der Waals surface area contributed by atoms with Gasteiger partial charge in [0.05, 0.1) is 18.2 Å². The fourth-order valence-electron chi connectivity index (χ4n) is 4.07. The van der Waals surface area contributed by atoms with Crippen LogP contribution in [0.15, 0.2) is 73.1 Å². The lowest BCUT2D eigenvalue weighted by atomic mass is 9.93. The van der Waals surface area contributed by atoms with Gasteiger partial charge in [-0.2, -0.15) is 13.2 Å². The first-order chi connectivity index (χ1) is 17.6. The van der Waals surface area contributed by atoms with Gasteiger partial charge >= 0.3 is 6.18 Å². The van der Waals surface area contributed by atoms with Crippen molar-refractivity contribution in [2.24, 2.45) is 5.73 Å². The van der Waals surface area contributed by atoms with Crippen LogP contribution < -0.4 is 16.4 Å². The number of aryl methyl sites for hydroxylation is 1. The van der Waals surface area contributed by atoms with Crippen LogP contribution in [0.25, 0.3) is 16.9 Å². The number of fused-ring (bicyclic) bond motifs is 1. The first-order valence-corrected chi connectivity index (χ1v) is 11.4. The van der Waals surface area contributed by atoms with Crippen LogP contribution in [-0.2, 0) is 12.8 Å². The summed E-state index contributed by atoms with van der Waals surface area (Å²) >= 11 is 0. The zero-order valence-electron chi connectivity index (χ0n) is 20.2. The largest absolute Gasteiger partial charge is 0.416 e. The fourth-order valence-corrected chi connectivity index (χ4v) is 4.07. The summed E-state index contributed by atoms with van der Waals surface area (Å²) in [5.41, 5.74) is 7.47. The van der Waals surface area contributed by atoms with Gasteiger partial charge in [-0.3, -0.25) is 9.20 Å². The molecule has 1 unspecified atom stereocenters. The maximum Gasteiger partial charge on any atom is 0.416 e. The number of carbonyl (C=O) groups excluding carboxylic acids is 1. The van der Waals surface area contributed by atoms with Crippen molar-refractivity contribution in [2.75, 3.05) is 12.4 Å². The molecule has 7 nitrogen and oxygen atoms in total. The summed E-state index contributed by atoms with van der Waals surface area (Å²) in [5, 5.41) is 15.1. The van der Waals surface area contributed by atoms with E-state index in [4.69, 9.17) is 5.73 Å². The smallest absolute Gasteiger partial charge is 0.394 e. The number of benzene rings is 2. The minimum absolute atomic E-state index is 0.0530. The molecule has 10 heteroatoms. The highest BCUT2D eigenvalue weighted by Gasteiger charge is 2.35. The molecule has 0 fully saturated rings. The van der Waals surface area contributed by atoms with E-state index in [2.05, 4.69) is 15.6 Å². The van der Waals surface area contributed by atoms with Crippen LogP contribution in [0.4, 0.5) is 19.0 Å². The first-order valence-electron chi connectivity index (χ1n) is 11.4. The zero-order valence-corrected chi connectivity index (χ0v) is 20.2. The molecule has 0 radical (unpaired) electrons. The minimum Gasteiger partial charge on any atom is -0.394 e. The zero-order chi connectivity index (χ0) is 26.7. The van der Waals surface area contributed by atoms with E-state index >= 15 is 0 Å². The minimum atomic E-state index is -4.65. The van der Waals surface area contributed by atoms with Gasteiger partial charge in [0.15, 0.2) is 0 Å². The molecule has 2 aromatic heterocycles. The molecule has 0 spiro atoms. The number of rotatable bonds is 7. The molecule has 4 aromatic rings. The third kappa shape index (κ3) is 5.35. The van der Waals surface area contributed by atoms with Crippen LogP contribution in [0, 0.1) is 6.92 Å². The maximum absolute atomic E-state index is 13.8. The molecule has 37 heavy (non-hydrogen) atoms. The van der Waals surface area contributed by atoms with Gasteiger partial charge in [-0.05, 0) is 60.2 Å². The molecule has 0 saturated carbocycles. The number of halogens is 3. The molecule has 4 rings (SSSR count). The Bertz CT molecular complexity index is 1460. The fraction of sp³-hybridized carbons (Fsp3) is 0.185. The second kappa shape index (κ2) is 10.5. The number of anilines is 1. The van der Waals surface area contributed by atoms with Crippen LogP contribution in [0.1, 0.15) is 38.7 Å². The lowest BCUT2D eigenvalue weighted by Crippen LogP contribution is -2.21. The van der Waals surface area contributed by atoms with Gasteiger partial charge in [-0.15, -0.1) is 0 Å². The Morgan fingerprint density at radius 1 is 1.19 bits per heavy atom. The Labute approximate surface area is 211 Å². The number of hydrogen-bond donors (Lipinski definition) is 4. The van der Waals surface area contributed by atoms with Crippen molar-refractivity contribution < 1.29 is 23.1 Å². The van der Waals surface area contributed by atoms with Crippen LogP contribution in [0.5, 0.6) is 0 Å². The van der Waals surface area contributed by atoms with E-state index in [0.29, 0.717) is 22.7 Å². The molecule has 1 amide bonds. The van der Waals surface area contributed by atoms with Gasteiger partial charge in [0.25, 0.3) is 5.91 Å². The number of aliphatic hydroxyl groups excluding tert-OH is 1. The Balaban J connectivity index is 1.82. The highest BCUT2D eigenvalue weighted by molar-refractivity contribution is 6.07. The number of carbonyl (C=O) groups is 1. The molecule has 192 valence electrons. The number of alkyl halides is 3. The predicted molar refractivity (Wildman–Crippen MR) is 136 cm³/mol. The van der Waals surface area contributed by atoms with Crippen molar-refractivity contribution in [3.63, 3.8) is 0 Å². The van der Waals surface area contributed by atoms with Crippen molar-refractivity contribution in [1.82, 2.24) is 14.7 Å². The molecule has 0 bridgehead atoms. The summed E-state index contributed by atoms with van der Waals surface area (Å²) in [6.45, 7) is 1.27. The Morgan fingerprint density at radius 3 is 2.57 bits per heavy atom. The van der Waals surface area contributed by atoms with E-state index in [1.807, 2.05) is 30.3 Å². The lowest BCUT2D eigenvalue weighted by molar-refractivity contribution is -0.138. The molecule has 0 aliphatic rings. The number of aliphatic hydroxyl groups is 1. The number of pyridine rings is 1. The second-order valence-electron chi connectivity index (χ2n) is 8.48. The highest BCUT2D eigenvalue weighted by Crippen LogP contribution is 2.37. The Morgan fingerprint density at radius 2 is 1.92 bits per heavy atom. The summed E-state index contributed by atoms with van der Waals surface area (Å²) < 4.78 is 43.1. The highest BCUT2D eigenvalue weighted by atomic mass is 19.4. The standard InChI is InChI=1S/C27H26F3N5O2/c1-16-12-21(27(28,29)30)20(22(31)8-10-32-2)14-19(16)26(37)34-25-24(18-6-4-3-5-7-18)33-23-13-17(15-36)9-11-35(23)25/h3-14,22,32,36H,15,31H2,1-2H3,(H,34,37)/b10-8-. The number of nitrogens with zero attached hydrogens (tertiary/aromatic N) is 2. The number of aromatic nitrogens is 2. The second-order valence-corrected chi connectivity index (χ2v) is 8.48. The monoisotopic (exact) mass is 509 g/mol. The molecule has 0 aliphatic heterocycles. The normalized spacial score (nSPS) is 12.7. The number of hydrogen-bond acceptors (Lipinski definition) is 5. The summed E-state index contributed by atoms with van der Waals surface area (Å²) in [5.74, 6) is -0.265. The predicted octanol–water partition coefficient (Wildman–Crippen LogP) is 4.81. The molecule has 2 aromatic carbocycles. The average molecular weight is 510 g/mol. The van der Waals surface area contributed by atoms with Crippen molar-refractivity contribution in [3.8, 4) is 11.3 Å². The van der Waals surface area contributed by atoms with Crippen LogP contribution in [-0.4, -0.2) is 27.4 Å². The molecule has 1 atom stereocenters. The first kappa shape index (κ1) is 25.9. The van der Waals surface area contributed by atoms with Gasteiger partial charge in [0, 0.05) is 24.4 Å². The van der Waals surface area contributed by atoms with E-state index in [0.717, 1.165) is 11.6 Å². The Kier molecular flexibility index (Phi) is 7.33. The lowest BCUT2D eigenvalue weighted by Gasteiger charge is -2.19. The van der Waals surface area contributed by atoms with Crippen molar-refractivity contribution in [3.05, 3.63) is 101 Å². The van der Waals surface area contributed by atoms with E-state index in [1.165, 1.54) is 25.3 Å². The topological polar surface area (TPSA) is 105 Å². The Hall–Kier alpha value is -4.15. The number of imidazole rings is 1. The molecule has 0 saturated heterocycles. The van der Waals surface area contributed by atoms with Gasteiger partial charge in [-0.1, -0.05) is 30.3 Å². The summed E-state index contributed by atoms with van der Waals surface area (Å²) in [6.07, 6.45) is -0.153. The number of nitrogens with two attached hydrogens (primary N) is 1. The molecule has 0 aliphatic carbocycles. The third-order valence-electron chi connectivity index (χ3n) is 5.93. The van der Waals surface area contributed by atoms with E-state index < -0.39 is 23.7 Å². The maximum atomic E-state index is 13.8. The molecular weight excluding hydrogens is 483 g/mol. The summed E-state index contributed by atoms with van der Waals surface area (Å²) in [4.78, 5) is 18.1. The van der Waals surface area contributed by atoms with Crippen LogP contribution >= 0.6 is 0 Å². The number of nitrogens with one attached hydrogen (secondary N) is 2. The number of amides is 1. The van der Waals surface area contributed by atoms with E-state index in [1.54, 1.807) is 29.8 Å². The van der Waals surface area contributed by atoms with Crippen molar-refractivity contribution in [1.29, 1.82) is 0 Å². The summed E-state index contributed by atoms with van der Waals surface area (Å²) in [6, 6.07) is 13.6. The van der Waals surface area contributed by atoms with Gasteiger partial charge in [0.1, 0.15) is 17.2 Å². The average Bonchev–Trinajstić information content (AvgIpc) is 3.24. The third-order valence-corrected chi connectivity index (χ3v) is 5.93. The van der Waals surface area contributed by atoms with Gasteiger partial charge in [-0.25, -0.2) is 4.98 Å². The van der Waals surface area contributed by atoms with Crippen molar-refractivity contribution >= 4 is 17.4 Å². The van der Waals surface area contributed by atoms with Crippen molar-refractivity contribution in [2.45, 2.75) is 25.7 Å².